The van der Waals surface area contributed by atoms with Gasteiger partial charge in [0.25, 0.3) is 5.91 Å². The fraction of sp³-hybridized carbons (Fsp3) is 0.800. The summed E-state index contributed by atoms with van der Waals surface area (Å²) in [4.78, 5) is 36.3. The molecule has 0 spiro atoms. The van der Waals surface area contributed by atoms with Gasteiger partial charge in [0, 0.05) is 5.54 Å². The van der Waals surface area contributed by atoms with Crippen molar-refractivity contribution in [2.75, 3.05) is 26.2 Å². The van der Waals surface area contributed by atoms with Crippen molar-refractivity contribution in [1.29, 1.82) is 0 Å². The van der Waals surface area contributed by atoms with Crippen LogP contribution in [0.1, 0.15) is 40.5 Å². The van der Waals surface area contributed by atoms with Gasteiger partial charge in [0.1, 0.15) is 5.92 Å². The van der Waals surface area contributed by atoms with E-state index in [1.807, 2.05) is 20.8 Å². The van der Waals surface area contributed by atoms with Gasteiger partial charge in [0.2, 0.25) is 0 Å². The maximum absolute atomic E-state index is 11.9. The third-order valence-corrected chi connectivity index (χ3v) is 3.39. The van der Waals surface area contributed by atoms with E-state index in [0.717, 1.165) is 24.3 Å². The van der Waals surface area contributed by atoms with E-state index in [2.05, 4.69) is 10.6 Å². The van der Waals surface area contributed by atoms with Gasteiger partial charge in [0.15, 0.2) is 6.54 Å². The average molecular weight is 314 g/mol. The molecule has 126 valence electrons. The molecule has 0 aromatic rings. The topological polar surface area (TPSA) is 88.9 Å². The molecule has 22 heavy (non-hydrogen) atoms. The van der Waals surface area contributed by atoms with Crippen molar-refractivity contribution in [3.63, 3.8) is 0 Å². The van der Waals surface area contributed by atoms with Crippen molar-refractivity contribution in [1.82, 2.24) is 10.6 Å². The zero-order chi connectivity index (χ0) is 16.8. The van der Waals surface area contributed by atoms with Crippen LogP contribution >= 0.6 is 0 Å². The van der Waals surface area contributed by atoms with Gasteiger partial charge in [-0.15, -0.1) is 0 Å². The van der Waals surface area contributed by atoms with Crippen molar-refractivity contribution in [2.24, 2.45) is 5.92 Å². The predicted molar refractivity (Wildman–Crippen MR) is 81.3 cm³/mol. The van der Waals surface area contributed by atoms with Crippen LogP contribution in [0.3, 0.4) is 0 Å². The second kappa shape index (κ2) is 8.12. The molecule has 1 rings (SSSR count). The molecule has 1 aliphatic rings. The van der Waals surface area contributed by atoms with E-state index in [1.165, 1.54) is 0 Å². The Kier molecular flexibility index (Phi) is 6.80. The first-order valence-electron chi connectivity index (χ1n) is 7.83. The van der Waals surface area contributed by atoms with Crippen LogP contribution in [0.4, 0.5) is 4.79 Å². The Hall–Kier alpha value is -1.63. The first-order valence-corrected chi connectivity index (χ1v) is 7.83. The lowest BCUT2D eigenvalue weighted by Crippen LogP contribution is -3.15. The quantitative estimate of drug-likeness (QED) is 0.609. The highest BCUT2D eigenvalue weighted by atomic mass is 16.5. The number of urea groups is 1. The Balaban J connectivity index is 2.41. The standard InChI is InChI=1S/C15H27N3O4/c1-5-22-13(20)11-7-6-8-18(9-11)10-12(19)16-14(21)17-15(2,3)4/h11H,5-10H2,1-4H3,(H2,16,17,19,21)/p+1/t11-/m1/s1. The molecule has 2 atom stereocenters. The first kappa shape index (κ1) is 18.4. The highest BCUT2D eigenvalue weighted by Crippen LogP contribution is 2.09. The number of amides is 3. The van der Waals surface area contributed by atoms with Crippen LogP contribution in [0.2, 0.25) is 0 Å². The second-order valence-corrected chi connectivity index (χ2v) is 6.72. The number of likely N-dealkylation sites (tertiary alicyclic amines) is 1. The number of rotatable bonds is 4. The van der Waals surface area contributed by atoms with E-state index in [4.69, 9.17) is 4.74 Å². The summed E-state index contributed by atoms with van der Waals surface area (Å²) in [5.74, 6) is -0.674. The normalized spacial score (nSPS) is 21.8. The summed E-state index contributed by atoms with van der Waals surface area (Å²) in [6.07, 6.45) is 1.68. The average Bonchev–Trinajstić information content (AvgIpc) is 2.36. The molecule has 1 aliphatic heterocycles. The van der Waals surface area contributed by atoms with E-state index in [0.29, 0.717) is 13.2 Å². The number of hydrogen-bond donors (Lipinski definition) is 3. The molecule has 0 aromatic heterocycles. The zero-order valence-electron chi connectivity index (χ0n) is 14.0. The summed E-state index contributed by atoms with van der Waals surface area (Å²) in [6.45, 7) is 9.28. The fourth-order valence-electron chi connectivity index (χ4n) is 2.54. The summed E-state index contributed by atoms with van der Waals surface area (Å²) in [5.41, 5.74) is -0.392. The minimum atomic E-state index is -0.490. The van der Waals surface area contributed by atoms with E-state index >= 15 is 0 Å². The molecule has 0 bridgehead atoms. The summed E-state index contributed by atoms with van der Waals surface area (Å²) in [5, 5.41) is 5.00. The number of carbonyl (C=O) groups is 3. The largest absolute Gasteiger partial charge is 0.466 e. The molecule has 0 radical (unpaired) electrons. The minimum absolute atomic E-state index is 0.153. The molecule has 3 N–H and O–H groups in total. The molecule has 0 saturated carbocycles. The van der Waals surface area contributed by atoms with Gasteiger partial charge in [-0.2, -0.15) is 0 Å². The van der Waals surface area contributed by atoms with Crippen molar-refractivity contribution < 1.29 is 24.0 Å². The Morgan fingerprint density at radius 2 is 1.95 bits per heavy atom. The monoisotopic (exact) mass is 314 g/mol. The third kappa shape index (κ3) is 6.89. The van der Waals surface area contributed by atoms with E-state index in [9.17, 15) is 14.4 Å². The lowest BCUT2D eigenvalue weighted by atomic mass is 9.98. The minimum Gasteiger partial charge on any atom is -0.466 e. The maximum atomic E-state index is 11.9. The highest BCUT2D eigenvalue weighted by molar-refractivity contribution is 5.95. The van der Waals surface area contributed by atoms with E-state index < -0.39 is 11.6 Å². The SMILES string of the molecule is CCOC(=O)[C@@H]1CCC[NH+](CC(=O)NC(=O)NC(C)(C)C)C1. The van der Waals surface area contributed by atoms with Gasteiger partial charge in [-0.3, -0.25) is 14.9 Å². The molecule has 1 fully saturated rings. The molecular weight excluding hydrogens is 286 g/mol. The summed E-state index contributed by atoms with van der Waals surface area (Å²) in [7, 11) is 0. The molecule has 0 aliphatic carbocycles. The highest BCUT2D eigenvalue weighted by Gasteiger charge is 2.31. The Bertz CT molecular complexity index is 418. The Morgan fingerprint density at radius 1 is 1.27 bits per heavy atom. The lowest BCUT2D eigenvalue weighted by molar-refractivity contribution is -0.899. The van der Waals surface area contributed by atoms with Crippen molar-refractivity contribution in [3.8, 4) is 0 Å². The van der Waals surface area contributed by atoms with Crippen molar-refractivity contribution in [2.45, 2.75) is 46.1 Å². The van der Waals surface area contributed by atoms with Crippen LogP contribution in [-0.2, 0) is 14.3 Å². The van der Waals surface area contributed by atoms with Gasteiger partial charge in [-0.1, -0.05) is 0 Å². The number of hydrogen-bond acceptors (Lipinski definition) is 4. The van der Waals surface area contributed by atoms with Crippen LogP contribution in [0, 0.1) is 5.92 Å². The lowest BCUT2D eigenvalue weighted by Gasteiger charge is -2.28. The van der Waals surface area contributed by atoms with Gasteiger partial charge >= 0.3 is 12.0 Å². The number of imide groups is 1. The predicted octanol–water partition coefficient (Wildman–Crippen LogP) is -0.531. The number of nitrogens with one attached hydrogen (secondary N) is 3. The van der Waals surface area contributed by atoms with Gasteiger partial charge < -0.3 is 15.0 Å². The number of quaternary nitrogens is 1. The summed E-state index contributed by atoms with van der Waals surface area (Å²) >= 11 is 0. The second-order valence-electron chi connectivity index (χ2n) is 6.72. The third-order valence-electron chi connectivity index (χ3n) is 3.39. The molecule has 0 aromatic carbocycles. The zero-order valence-corrected chi connectivity index (χ0v) is 14.0. The molecule has 1 heterocycles. The molecule has 3 amide bonds. The van der Waals surface area contributed by atoms with Crippen LogP contribution in [0.5, 0.6) is 0 Å². The van der Waals surface area contributed by atoms with Crippen molar-refractivity contribution in [3.05, 3.63) is 0 Å². The van der Waals surface area contributed by atoms with E-state index in [-0.39, 0.29) is 24.3 Å². The molecule has 7 nitrogen and oxygen atoms in total. The smallest absolute Gasteiger partial charge is 0.322 e. The summed E-state index contributed by atoms with van der Waals surface area (Å²) < 4.78 is 5.04. The fourth-order valence-corrected chi connectivity index (χ4v) is 2.54. The molecule has 1 saturated heterocycles. The van der Waals surface area contributed by atoms with Gasteiger partial charge in [0.05, 0.1) is 19.7 Å². The van der Waals surface area contributed by atoms with Crippen LogP contribution < -0.4 is 15.5 Å². The van der Waals surface area contributed by atoms with Gasteiger partial charge in [-0.05, 0) is 40.5 Å². The number of ether oxygens (including phenoxy) is 1. The summed E-state index contributed by atoms with van der Waals surface area (Å²) in [6, 6.07) is -0.490. The Morgan fingerprint density at radius 3 is 2.55 bits per heavy atom. The molecular formula is C15H28N3O4+. The molecule has 1 unspecified atom stereocenters. The number of carbonyl (C=O) groups excluding carboxylic acids is 3. The van der Waals surface area contributed by atoms with Crippen molar-refractivity contribution >= 4 is 17.9 Å². The Labute approximate surface area is 131 Å². The van der Waals surface area contributed by atoms with Gasteiger partial charge in [-0.25, -0.2) is 4.79 Å². The van der Waals surface area contributed by atoms with Crippen LogP contribution in [0.25, 0.3) is 0 Å². The van der Waals surface area contributed by atoms with Crippen LogP contribution in [-0.4, -0.2) is 49.7 Å². The maximum Gasteiger partial charge on any atom is 0.322 e. The van der Waals surface area contributed by atoms with E-state index in [1.54, 1.807) is 6.92 Å². The van der Waals surface area contributed by atoms with Crippen LogP contribution in [0.15, 0.2) is 0 Å². The molecule has 7 heteroatoms. The first-order chi connectivity index (χ1) is 10.2. The number of piperidine rings is 1. The number of esters is 1.